The maximum absolute atomic E-state index is 10.5. The first kappa shape index (κ1) is 5.81. The van der Waals surface area contributed by atoms with Gasteiger partial charge in [-0.3, -0.25) is 0 Å². The molecule has 0 rings (SSSR count). The highest BCUT2D eigenvalue weighted by atomic mass is 28.3. The quantitative estimate of drug-likeness (QED) is 0.252. The van der Waals surface area contributed by atoms with E-state index in [9.17, 15) is 17.0 Å². The van der Waals surface area contributed by atoms with Gasteiger partial charge in [0.25, 0.3) is 0 Å². The van der Waals surface area contributed by atoms with Crippen molar-refractivity contribution in [1.82, 2.24) is 0 Å². The maximum atomic E-state index is 10.5. The van der Waals surface area contributed by atoms with Crippen molar-refractivity contribution in [2.45, 2.75) is 0 Å². The molecule has 0 aliphatic rings. The van der Waals surface area contributed by atoms with E-state index in [2.05, 4.69) is 0 Å². The van der Waals surface area contributed by atoms with Crippen molar-refractivity contribution >= 4 is 14.8 Å². The van der Waals surface area contributed by atoms with Gasteiger partial charge in [-0.2, -0.15) is 8.78 Å². The summed E-state index contributed by atoms with van der Waals surface area (Å²) in [6.07, 6.45) is 0. The van der Waals surface area contributed by atoms with Gasteiger partial charge in [0.1, 0.15) is 0 Å². The minimum Gasteiger partial charge on any atom is -0.234 e. The lowest BCUT2D eigenvalue weighted by Crippen LogP contribution is -1.90. The summed E-state index contributed by atoms with van der Waals surface area (Å²) in [6.45, 7) is 0. The monoisotopic (exact) mass is 116 g/mol. The van der Waals surface area contributed by atoms with Crippen LogP contribution in [0.25, 0.3) is 0 Å². The van der Waals surface area contributed by atoms with E-state index in [0.717, 1.165) is 0 Å². The molecule has 0 aliphatic carbocycles. The summed E-state index contributed by atoms with van der Waals surface area (Å²) >= 11 is 0. The van der Waals surface area contributed by atoms with Crippen LogP contribution in [0.15, 0.2) is 0 Å². The van der Waals surface area contributed by atoms with Crippen LogP contribution in [0.3, 0.4) is 0 Å². The summed E-state index contributed by atoms with van der Waals surface area (Å²) in [7, 11) is -4.37. The van der Waals surface area contributed by atoms with Gasteiger partial charge in [-0.15, -0.1) is 0 Å². The van der Waals surface area contributed by atoms with Gasteiger partial charge in [0.15, 0.2) is 0 Å². The first-order valence-corrected chi connectivity index (χ1v) is 2.26. The van der Waals surface area contributed by atoms with Crippen molar-refractivity contribution in [3.8, 4) is 0 Å². The molecule has 0 fully saturated rings. The van der Waals surface area contributed by atoms with E-state index in [-0.39, 0.29) is 0 Å². The molecule has 0 nitrogen and oxygen atoms in total. The zero-order valence-electron chi connectivity index (χ0n) is 2.51. The number of hydrogen-bond donors (Lipinski definition) is 0. The minimum atomic E-state index is -4.37. The smallest absolute Gasteiger partial charge is 0.234 e. The molecular weight excluding hydrogens is 116 g/mol. The van der Waals surface area contributed by atoms with E-state index in [1.807, 2.05) is 0 Å². The molecule has 6 heavy (non-hydrogen) atoms. The normalized spacial score (nSPS) is 8.00. The van der Waals surface area contributed by atoms with Crippen LogP contribution in [0.1, 0.15) is 0 Å². The molecule has 0 bridgehead atoms. The van der Waals surface area contributed by atoms with Crippen molar-refractivity contribution in [1.29, 1.82) is 0 Å². The summed E-state index contributed by atoms with van der Waals surface area (Å²) < 4.78 is 41.7. The fraction of sp³-hybridized carbons (Fsp3) is 0. The van der Waals surface area contributed by atoms with Gasteiger partial charge in [0.05, 0.1) is 0 Å². The van der Waals surface area contributed by atoms with Gasteiger partial charge in [-0.05, 0) is 0 Å². The third-order valence-corrected chi connectivity index (χ3v) is 0.429. The van der Waals surface area contributed by atoms with Crippen LogP contribution < -0.4 is 0 Å². The van der Waals surface area contributed by atoms with Gasteiger partial charge in [0, 0.05) is 0 Å². The second-order valence-electron chi connectivity index (χ2n) is 0.521. The highest BCUT2D eigenvalue weighted by Crippen LogP contribution is 1.82. The summed E-state index contributed by atoms with van der Waals surface area (Å²) in [5.74, 6) is 0. The first-order chi connectivity index (χ1) is 2.64. The molecule has 0 aromatic carbocycles. The molecule has 0 unspecified atom stereocenters. The lowest BCUT2D eigenvalue weighted by atomic mass is 11.7. The molecular formula is CF4Si. The molecule has 0 spiro atoms. The summed E-state index contributed by atoms with van der Waals surface area (Å²) in [4.78, 5) is 0. The second kappa shape index (κ2) is 2.07. The maximum Gasteiger partial charge on any atom is 0.507 e. The standard InChI is InChI=1S/CF4Si/c2-1(3)6(4)5. The van der Waals surface area contributed by atoms with Crippen LogP contribution in [-0.2, 0) is 0 Å². The highest BCUT2D eigenvalue weighted by molar-refractivity contribution is 6.55. The fourth-order valence-electron chi connectivity index (χ4n) is 0. The molecule has 5 heteroatoms. The third-order valence-electron chi connectivity index (χ3n) is 0.143. The average Bonchev–Trinajstić information content (AvgIpc) is 1.36. The number of rotatable bonds is 0. The van der Waals surface area contributed by atoms with Gasteiger partial charge in [0.2, 0.25) is 0 Å². The lowest BCUT2D eigenvalue weighted by Gasteiger charge is -1.67. The Bertz CT molecular complexity index is 57.6. The molecule has 0 aliphatic heterocycles. The van der Waals surface area contributed by atoms with Crippen LogP contribution in [-0.4, -0.2) is 14.8 Å². The molecule has 0 atom stereocenters. The number of halogens is 4. The molecule has 0 aromatic heterocycles. The van der Waals surface area contributed by atoms with Gasteiger partial charge in [-0.25, -0.2) is 8.22 Å². The predicted molar refractivity (Wildman–Crippen MR) is 15.2 cm³/mol. The van der Waals surface area contributed by atoms with Gasteiger partial charge in [-0.1, -0.05) is 0 Å². The Balaban J connectivity index is 3.68. The van der Waals surface area contributed by atoms with Crippen LogP contribution in [0.5, 0.6) is 0 Å². The van der Waals surface area contributed by atoms with Crippen molar-refractivity contribution in [3.05, 3.63) is 0 Å². The van der Waals surface area contributed by atoms with Crippen molar-refractivity contribution in [2.24, 2.45) is 0 Å². The van der Waals surface area contributed by atoms with E-state index in [1.54, 1.807) is 0 Å². The Hall–Kier alpha value is -0.193. The summed E-state index contributed by atoms with van der Waals surface area (Å²) in [5.41, 5.74) is -2.72. The summed E-state index contributed by atoms with van der Waals surface area (Å²) in [6, 6.07) is 0. The van der Waals surface area contributed by atoms with Gasteiger partial charge >= 0.3 is 14.8 Å². The lowest BCUT2D eigenvalue weighted by molar-refractivity contribution is 0.605. The average molecular weight is 116 g/mol. The number of hydrogen-bond acceptors (Lipinski definition) is 0. The van der Waals surface area contributed by atoms with Crippen LogP contribution in [0, 0.1) is 0 Å². The zero-order chi connectivity index (χ0) is 5.15. The minimum absolute atomic E-state index is 2.72. The fourth-order valence-corrected chi connectivity index (χ4v) is 0. The molecule has 0 amide bonds. The topological polar surface area (TPSA) is 0 Å². The summed E-state index contributed by atoms with van der Waals surface area (Å²) in [5, 5.41) is 0. The predicted octanol–water partition coefficient (Wildman–Crippen LogP) is 1.02. The molecule has 0 heterocycles. The third kappa shape index (κ3) is 2.07. The first-order valence-electron chi connectivity index (χ1n) is 1.01. The largest absolute Gasteiger partial charge is 0.507 e. The van der Waals surface area contributed by atoms with Crippen molar-refractivity contribution in [3.63, 3.8) is 0 Å². The van der Waals surface area contributed by atoms with E-state index >= 15 is 0 Å². The Morgan fingerprint density at radius 1 is 1.17 bits per heavy atom. The van der Waals surface area contributed by atoms with Gasteiger partial charge < -0.3 is 0 Å². The molecule has 0 radical (unpaired) electrons. The van der Waals surface area contributed by atoms with Crippen molar-refractivity contribution in [2.75, 3.05) is 0 Å². The Labute approximate surface area is 33.0 Å². The SMILES string of the molecule is FC(F)=[Si](F)F. The van der Waals surface area contributed by atoms with Crippen LogP contribution in [0.4, 0.5) is 17.0 Å². The molecule has 36 valence electrons. The zero-order valence-corrected chi connectivity index (χ0v) is 3.51. The molecule has 0 aromatic rings. The van der Waals surface area contributed by atoms with E-state index < -0.39 is 14.8 Å². The molecule has 0 saturated carbocycles. The second-order valence-corrected chi connectivity index (χ2v) is 1.42. The Morgan fingerprint density at radius 3 is 1.33 bits per heavy atom. The van der Waals surface area contributed by atoms with E-state index in [0.29, 0.717) is 0 Å². The molecule has 0 saturated heterocycles. The Kier molecular flexibility index (Phi) is 2.00. The highest BCUT2D eigenvalue weighted by Gasteiger charge is 2.02. The molecule has 0 N–H and O–H groups in total. The van der Waals surface area contributed by atoms with Crippen LogP contribution >= 0.6 is 0 Å². The Morgan fingerprint density at radius 2 is 1.33 bits per heavy atom. The van der Waals surface area contributed by atoms with E-state index in [1.165, 1.54) is 0 Å². The van der Waals surface area contributed by atoms with E-state index in [4.69, 9.17) is 0 Å². The van der Waals surface area contributed by atoms with Crippen molar-refractivity contribution < 1.29 is 17.0 Å². The van der Waals surface area contributed by atoms with Crippen LogP contribution in [0.2, 0.25) is 0 Å².